The highest BCUT2D eigenvalue weighted by atomic mass is 32.1. The molecule has 4 heteroatoms. The standard InChI is InChI=1S/C25H30N2OS/c1-3-5-7-9-19-28-23-17-15-21(16-18-23)20-11-13-22(14-12-20)25-27-26-24(29-25)10-8-6-4-2/h7,9,11-18H,3-6,8,10,19H2,1-2H3/b9-7+. The monoisotopic (exact) mass is 406 g/mol. The Bertz CT molecular complexity index is 882. The van der Waals surface area contributed by atoms with E-state index in [1.165, 1.54) is 36.8 Å². The number of aromatic nitrogens is 2. The summed E-state index contributed by atoms with van der Waals surface area (Å²) in [5, 5.41) is 10.9. The van der Waals surface area contributed by atoms with Gasteiger partial charge in [0, 0.05) is 12.0 Å². The summed E-state index contributed by atoms with van der Waals surface area (Å²) in [4.78, 5) is 0. The minimum absolute atomic E-state index is 0.621. The first kappa shape index (κ1) is 21.3. The van der Waals surface area contributed by atoms with E-state index in [4.69, 9.17) is 4.74 Å². The third-order valence-electron chi connectivity index (χ3n) is 4.75. The molecule has 0 spiro atoms. The van der Waals surface area contributed by atoms with E-state index in [9.17, 15) is 0 Å². The van der Waals surface area contributed by atoms with E-state index in [0.717, 1.165) is 34.2 Å². The highest BCUT2D eigenvalue weighted by Crippen LogP contribution is 2.28. The van der Waals surface area contributed by atoms with Crippen molar-refractivity contribution in [2.45, 2.75) is 52.4 Å². The Morgan fingerprint density at radius 3 is 2.17 bits per heavy atom. The molecule has 0 aliphatic rings. The van der Waals surface area contributed by atoms with Gasteiger partial charge in [0.05, 0.1) is 0 Å². The zero-order valence-electron chi connectivity index (χ0n) is 17.4. The summed E-state index contributed by atoms with van der Waals surface area (Å²) in [5.74, 6) is 0.899. The van der Waals surface area contributed by atoms with Gasteiger partial charge in [-0.25, -0.2) is 0 Å². The summed E-state index contributed by atoms with van der Waals surface area (Å²) >= 11 is 1.71. The van der Waals surface area contributed by atoms with Crippen LogP contribution in [0.3, 0.4) is 0 Å². The molecule has 0 aliphatic heterocycles. The fourth-order valence-corrected chi connectivity index (χ4v) is 3.93. The van der Waals surface area contributed by atoms with Crippen molar-refractivity contribution in [1.29, 1.82) is 0 Å². The number of allylic oxidation sites excluding steroid dienone is 1. The fraction of sp³-hybridized carbons (Fsp3) is 0.360. The van der Waals surface area contributed by atoms with E-state index in [2.05, 4.69) is 72.6 Å². The topological polar surface area (TPSA) is 35.0 Å². The average molecular weight is 407 g/mol. The third kappa shape index (κ3) is 6.53. The summed E-state index contributed by atoms with van der Waals surface area (Å²) < 4.78 is 5.76. The maximum absolute atomic E-state index is 5.76. The van der Waals surface area contributed by atoms with Crippen molar-refractivity contribution >= 4 is 11.3 Å². The number of unbranched alkanes of at least 4 members (excludes halogenated alkanes) is 3. The number of aryl methyl sites for hydroxylation is 1. The summed E-state index contributed by atoms with van der Waals surface area (Å²) in [7, 11) is 0. The van der Waals surface area contributed by atoms with Crippen LogP contribution in [0.2, 0.25) is 0 Å². The lowest BCUT2D eigenvalue weighted by Crippen LogP contribution is -1.93. The molecule has 1 aromatic heterocycles. The van der Waals surface area contributed by atoms with Crippen LogP contribution in [0, 0.1) is 0 Å². The highest BCUT2D eigenvalue weighted by molar-refractivity contribution is 7.14. The van der Waals surface area contributed by atoms with Crippen LogP contribution < -0.4 is 4.74 Å². The van der Waals surface area contributed by atoms with Crippen molar-refractivity contribution in [3.63, 3.8) is 0 Å². The third-order valence-corrected chi connectivity index (χ3v) is 5.78. The Hall–Kier alpha value is -2.46. The van der Waals surface area contributed by atoms with Gasteiger partial charge in [0.2, 0.25) is 0 Å². The molecule has 0 saturated heterocycles. The Morgan fingerprint density at radius 2 is 1.48 bits per heavy atom. The van der Waals surface area contributed by atoms with Crippen LogP contribution in [0.25, 0.3) is 21.7 Å². The number of hydrogen-bond donors (Lipinski definition) is 0. The predicted octanol–water partition coefficient (Wildman–Crippen LogP) is 7.34. The predicted molar refractivity (Wildman–Crippen MR) is 124 cm³/mol. The maximum Gasteiger partial charge on any atom is 0.147 e. The van der Waals surface area contributed by atoms with Crippen molar-refractivity contribution in [3.8, 4) is 27.4 Å². The van der Waals surface area contributed by atoms with Crippen LogP contribution in [0.15, 0.2) is 60.7 Å². The minimum Gasteiger partial charge on any atom is -0.490 e. The molecule has 29 heavy (non-hydrogen) atoms. The number of rotatable bonds is 11. The van der Waals surface area contributed by atoms with Crippen molar-refractivity contribution in [1.82, 2.24) is 10.2 Å². The molecule has 152 valence electrons. The molecule has 3 aromatic rings. The second-order valence-electron chi connectivity index (χ2n) is 7.13. The summed E-state index contributed by atoms with van der Waals surface area (Å²) in [5.41, 5.74) is 3.51. The summed E-state index contributed by atoms with van der Waals surface area (Å²) in [6.45, 7) is 5.02. The van der Waals surface area contributed by atoms with Gasteiger partial charge in [-0.3, -0.25) is 0 Å². The van der Waals surface area contributed by atoms with Gasteiger partial charge in [-0.05, 0) is 36.1 Å². The Morgan fingerprint density at radius 1 is 0.793 bits per heavy atom. The molecular formula is C25H30N2OS. The SMILES string of the molecule is CCC/C=C/COc1ccc(-c2ccc(-c3nnc(CCCCC)s3)cc2)cc1. The largest absolute Gasteiger partial charge is 0.490 e. The average Bonchev–Trinajstić information content (AvgIpc) is 3.23. The highest BCUT2D eigenvalue weighted by Gasteiger charge is 2.07. The number of benzene rings is 2. The Kier molecular flexibility index (Phi) is 8.44. The van der Waals surface area contributed by atoms with Gasteiger partial charge in [-0.15, -0.1) is 10.2 Å². The lowest BCUT2D eigenvalue weighted by molar-refractivity contribution is 0.362. The van der Waals surface area contributed by atoms with Crippen molar-refractivity contribution in [2.24, 2.45) is 0 Å². The minimum atomic E-state index is 0.621. The van der Waals surface area contributed by atoms with Crippen molar-refractivity contribution < 1.29 is 4.74 Å². The maximum atomic E-state index is 5.76. The van der Waals surface area contributed by atoms with Crippen molar-refractivity contribution in [3.05, 3.63) is 65.7 Å². The molecule has 3 rings (SSSR count). The van der Waals surface area contributed by atoms with Crippen LogP contribution in [-0.4, -0.2) is 16.8 Å². The second-order valence-corrected chi connectivity index (χ2v) is 8.19. The molecule has 0 amide bonds. The van der Waals surface area contributed by atoms with Crippen LogP contribution in [0.5, 0.6) is 5.75 Å². The zero-order valence-corrected chi connectivity index (χ0v) is 18.3. The fourth-order valence-electron chi connectivity index (χ4n) is 3.04. The molecule has 0 fully saturated rings. The van der Waals surface area contributed by atoms with E-state index in [0.29, 0.717) is 6.61 Å². The van der Waals surface area contributed by atoms with Crippen molar-refractivity contribution in [2.75, 3.05) is 6.61 Å². The Balaban J connectivity index is 1.58. The van der Waals surface area contributed by atoms with Gasteiger partial charge in [-0.2, -0.15) is 0 Å². The molecule has 0 N–H and O–H groups in total. The lowest BCUT2D eigenvalue weighted by Gasteiger charge is -2.06. The molecule has 0 saturated carbocycles. The quantitative estimate of drug-likeness (QED) is 0.247. The molecule has 0 radical (unpaired) electrons. The van der Waals surface area contributed by atoms with E-state index in [-0.39, 0.29) is 0 Å². The molecule has 0 bridgehead atoms. The molecule has 3 nitrogen and oxygen atoms in total. The van der Waals surface area contributed by atoms with E-state index in [1.807, 2.05) is 12.1 Å². The smallest absolute Gasteiger partial charge is 0.147 e. The van der Waals surface area contributed by atoms with Crippen LogP contribution >= 0.6 is 11.3 Å². The first-order valence-electron chi connectivity index (χ1n) is 10.6. The molecule has 0 aliphatic carbocycles. The van der Waals surface area contributed by atoms with Gasteiger partial charge < -0.3 is 4.74 Å². The lowest BCUT2D eigenvalue weighted by atomic mass is 10.0. The first-order valence-corrected chi connectivity index (χ1v) is 11.4. The van der Waals surface area contributed by atoms with Gasteiger partial charge in [0.15, 0.2) is 0 Å². The normalized spacial score (nSPS) is 11.2. The number of hydrogen-bond acceptors (Lipinski definition) is 4. The number of ether oxygens (including phenoxy) is 1. The summed E-state index contributed by atoms with van der Waals surface area (Å²) in [6.07, 6.45) is 11.2. The van der Waals surface area contributed by atoms with Crippen LogP contribution in [0.4, 0.5) is 0 Å². The molecule has 0 atom stereocenters. The summed E-state index contributed by atoms with van der Waals surface area (Å²) in [6, 6.07) is 16.8. The van der Waals surface area contributed by atoms with E-state index in [1.54, 1.807) is 11.3 Å². The number of nitrogens with zero attached hydrogens (tertiary/aromatic N) is 2. The van der Waals surface area contributed by atoms with Gasteiger partial charge in [0.25, 0.3) is 0 Å². The zero-order chi connectivity index (χ0) is 20.3. The van der Waals surface area contributed by atoms with E-state index < -0.39 is 0 Å². The molecular weight excluding hydrogens is 376 g/mol. The van der Waals surface area contributed by atoms with Gasteiger partial charge in [0.1, 0.15) is 22.4 Å². The van der Waals surface area contributed by atoms with E-state index >= 15 is 0 Å². The molecule has 1 heterocycles. The van der Waals surface area contributed by atoms with Crippen LogP contribution in [0.1, 0.15) is 51.0 Å². The molecule has 2 aromatic carbocycles. The van der Waals surface area contributed by atoms with Gasteiger partial charge >= 0.3 is 0 Å². The first-order chi connectivity index (χ1) is 14.3. The molecule has 0 unspecified atom stereocenters. The van der Waals surface area contributed by atoms with Crippen LogP contribution in [-0.2, 0) is 6.42 Å². The Labute approximate surface area is 178 Å². The van der Waals surface area contributed by atoms with Gasteiger partial charge in [-0.1, -0.05) is 93.0 Å². The second kappa shape index (κ2) is 11.5.